The second-order valence-corrected chi connectivity index (χ2v) is 2.22. The fourth-order valence-corrected chi connectivity index (χ4v) is 0.962. The van der Waals surface area contributed by atoms with Crippen molar-refractivity contribution < 1.29 is 0 Å². The molecule has 2 rings (SSSR count). The van der Waals surface area contributed by atoms with Crippen molar-refractivity contribution >= 4 is 0 Å². The van der Waals surface area contributed by atoms with Crippen LogP contribution in [0.5, 0.6) is 0 Å². The fourth-order valence-electron chi connectivity index (χ4n) is 0.962. The third-order valence-corrected chi connectivity index (χ3v) is 1.48. The van der Waals surface area contributed by atoms with E-state index in [0.717, 1.165) is 11.4 Å². The highest BCUT2D eigenvalue weighted by atomic mass is 14.8. The lowest BCUT2D eigenvalue weighted by Gasteiger charge is -1.92. The molecule has 2 nitrogen and oxygen atoms in total. The van der Waals surface area contributed by atoms with Crippen molar-refractivity contribution in [1.82, 2.24) is 9.97 Å². The average molecular weight is 143 g/mol. The number of hydrogen-bond acceptors (Lipinski definition) is 1. The van der Waals surface area contributed by atoms with Crippen LogP contribution in [-0.2, 0) is 0 Å². The van der Waals surface area contributed by atoms with Gasteiger partial charge in [0.1, 0.15) is 0 Å². The summed E-state index contributed by atoms with van der Waals surface area (Å²) < 4.78 is 0. The topological polar surface area (TPSA) is 28.7 Å². The molecule has 0 aliphatic heterocycles. The second-order valence-electron chi connectivity index (χ2n) is 2.22. The highest BCUT2D eigenvalue weighted by molar-refractivity contribution is 5.53. The molecule has 11 heavy (non-hydrogen) atoms. The van der Waals surface area contributed by atoms with Crippen molar-refractivity contribution in [2.45, 2.75) is 0 Å². The normalized spacial score (nSPS) is 9.82. The summed E-state index contributed by atoms with van der Waals surface area (Å²) in [6.45, 7) is 0. The van der Waals surface area contributed by atoms with Gasteiger partial charge in [-0.2, -0.15) is 0 Å². The quantitative estimate of drug-likeness (QED) is 0.648. The molecule has 0 aromatic carbocycles. The number of H-pyrrole nitrogens is 1. The molecule has 0 aliphatic carbocycles. The molecule has 0 atom stereocenters. The summed E-state index contributed by atoms with van der Waals surface area (Å²) in [5.74, 6) is 0. The Balaban J connectivity index is 2.46. The van der Waals surface area contributed by atoms with Crippen LogP contribution in [0.2, 0.25) is 0 Å². The summed E-state index contributed by atoms with van der Waals surface area (Å²) in [5.41, 5.74) is 1.96. The standard InChI is InChI=1S/C9H7N2/c1-2-6-10-8(4-1)9-5-3-7-11-9/h2-7,11H. The van der Waals surface area contributed by atoms with E-state index in [4.69, 9.17) is 0 Å². The molecule has 0 amide bonds. The van der Waals surface area contributed by atoms with Crippen molar-refractivity contribution in [1.29, 1.82) is 0 Å². The van der Waals surface area contributed by atoms with E-state index in [0.29, 0.717) is 0 Å². The lowest BCUT2D eigenvalue weighted by Crippen LogP contribution is -1.79. The van der Waals surface area contributed by atoms with Crippen molar-refractivity contribution in [2.75, 3.05) is 0 Å². The van der Waals surface area contributed by atoms with Gasteiger partial charge in [0.05, 0.1) is 11.4 Å². The van der Waals surface area contributed by atoms with Gasteiger partial charge in [-0.3, -0.25) is 4.98 Å². The number of aromatic amines is 1. The monoisotopic (exact) mass is 143 g/mol. The largest absolute Gasteiger partial charge is 0.360 e. The number of aromatic nitrogens is 2. The number of hydrogen-bond donors (Lipinski definition) is 1. The Hall–Kier alpha value is -1.57. The van der Waals surface area contributed by atoms with Gasteiger partial charge in [-0.1, -0.05) is 0 Å². The SMILES string of the molecule is [c]1ccnc(-c2ccc[nH]2)c1. The van der Waals surface area contributed by atoms with Crippen LogP contribution >= 0.6 is 0 Å². The molecule has 0 saturated carbocycles. The van der Waals surface area contributed by atoms with Crippen LogP contribution in [0.3, 0.4) is 0 Å². The zero-order chi connectivity index (χ0) is 7.52. The molecule has 1 radical (unpaired) electrons. The van der Waals surface area contributed by atoms with Crippen molar-refractivity contribution in [3.8, 4) is 11.4 Å². The number of nitrogens with one attached hydrogen (secondary N) is 1. The van der Waals surface area contributed by atoms with Crippen LogP contribution in [-0.4, -0.2) is 9.97 Å². The number of rotatable bonds is 1. The first-order chi connectivity index (χ1) is 5.47. The minimum absolute atomic E-state index is 0.928. The molecule has 2 heteroatoms. The Labute approximate surface area is 64.9 Å². The Bertz CT molecular complexity index is 311. The van der Waals surface area contributed by atoms with Crippen LogP contribution in [0.25, 0.3) is 11.4 Å². The third-order valence-electron chi connectivity index (χ3n) is 1.48. The zero-order valence-electron chi connectivity index (χ0n) is 5.91. The Morgan fingerprint density at radius 3 is 3.09 bits per heavy atom. The fraction of sp³-hybridized carbons (Fsp3) is 0. The van der Waals surface area contributed by atoms with E-state index < -0.39 is 0 Å². The predicted octanol–water partition coefficient (Wildman–Crippen LogP) is 1.88. The zero-order valence-corrected chi connectivity index (χ0v) is 5.91. The molecule has 0 bridgehead atoms. The lowest BCUT2D eigenvalue weighted by atomic mass is 10.3. The molecule has 0 spiro atoms. The van der Waals surface area contributed by atoms with Crippen molar-refractivity contribution in [2.24, 2.45) is 0 Å². The molecule has 1 N–H and O–H groups in total. The summed E-state index contributed by atoms with van der Waals surface area (Å²) in [6, 6.07) is 10.5. The van der Waals surface area contributed by atoms with Gasteiger partial charge < -0.3 is 4.98 Å². The summed E-state index contributed by atoms with van der Waals surface area (Å²) in [7, 11) is 0. The summed E-state index contributed by atoms with van der Waals surface area (Å²) >= 11 is 0. The molecule has 0 aliphatic rings. The van der Waals surface area contributed by atoms with Gasteiger partial charge in [0.25, 0.3) is 0 Å². The molecule has 0 saturated heterocycles. The maximum Gasteiger partial charge on any atom is 0.0870 e. The van der Waals surface area contributed by atoms with E-state index in [-0.39, 0.29) is 0 Å². The van der Waals surface area contributed by atoms with E-state index in [9.17, 15) is 0 Å². The highest BCUT2D eigenvalue weighted by Gasteiger charge is 1.95. The molecule has 0 unspecified atom stereocenters. The first-order valence-corrected chi connectivity index (χ1v) is 3.43. The van der Waals surface area contributed by atoms with E-state index in [1.807, 2.05) is 24.4 Å². The van der Waals surface area contributed by atoms with E-state index in [2.05, 4.69) is 16.0 Å². The molecule has 0 fully saturated rings. The Morgan fingerprint density at radius 2 is 2.45 bits per heavy atom. The molecule has 2 aromatic rings. The number of nitrogens with zero attached hydrogens (tertiary/aromatic N) is 1. The summed E-state index contributed by atoms with van der Waals surface area (Å²) in [6.07, 6.45) is 3.61. The van der Waals surface area contributed by atoms with Crippen LogP contribution in [0.4, 0.5) is 0 Å². The van der Waals surface area contributed by atoms with E-state index in [1.165, 1.54) is 0 Å². The Kier molecular flexibility index (Phi) is 1.44. The molecular formula is C9H7N2. The lowest BCUT2D eigenvalue weighted by molar-refractivity contribution is 1.28. The summed E-state index contributed by atoms with van der Waals surface area (Å²) in [4.78, 5) is 7.23. The van der Waals surface area contributed by atoms with Crippen LogP contribution in [0, 0.1) is 6.07 Å². The molecular weight excluding hydrogens is 136 g/mol. The van der Waals surface area contributed by atoms with E-state index in [1.54, 1.807) is 12.3 Å². The minimum atomic E-state index is 0.928. The first kappa shape index (κ1) is 6.16. The Morgan fingerprint density at radius 1 is 1.45 bits per heavy atom. The minimum Gasteiger partial charge on any atom is -0.360 e. The first-order valence-electron chi connectivity index (χ1n) is 3.43. The van der Waals surface area contributed by atoms with Gasteiger partial charge in [0, 0.05) is 12.4 Å². The predicted molar refractivity (Wildman–Crippen MR) is 42.9 cm³/mol. The second kappa shape index (κ2) is 2.58. The van der Waals surface area contributed by atoms with Crippen LogP contribution in [0.15, 0.2) is 36.7 Å². The van der Waals surface area contributed by atoms with Crippen LogP contribution in [0.1, 0.15) is 0 Å². The maximum atomic E-state index is 4.16. The molecule has 53 valence electrons. The molecule has 2 aromatic heterocycles. The van der Waals surface area contributed by atoms with Gasteiger partial charge in [-0.25, -0.2) is 0 Å². The average Bonchev–Trinajstić information content (AvgIpc) is 2.58. The van der Waals surface area contributed by atoms with Crippen molar-refractivity contribution in [3.63, 3.8) is 0 Å². The third kappa shape index (κ3) is 1.15. The molecule has 2 heterocycles. The van der Waals surface area contributed by atoms with Gasteiger partial charge in [-0.05, 0) is 30.3 Å². The van der Waals surface area contributed by atoms with E-state index >= 15 is 0 Å². The number of pyridine rings is 1. The van der Waals surface area contributed by atoms with Gasteiger partial charge in [0.2, 0.25) is 0 Å². The van der Waals surface area contributed by atoms with Gasteiger partial charge >= 0.3 is 0 Å². The maximum absolute atomic E-state index is 4.16. The van der Waals surface area contributed by atoms with Crippen LogP contribution < -0.4 is 0 Å². The summed E-state index contributed by atoms with van der Waals surface area (Å²) in [5, 5.41) is 0. The van der Waals surface area contributed by atoms with Gasteiger partial charge in [-0.15, -0.1) is 0 Å². The highest BCUT2D eigenvalue weighted by Crippen LogP contribution is 2.11. The van der Waals surface area contributed by atoms with Crippen molar-refractivity contribution in [3.05, 3.63) is 42.7 Å². The smallest absolute Gasteiger partial charge is 0.0870 e. The van der Waals surface area contributed by atoms with Gasteiger partial charge in [0.15, 0.2) is 0 Å².